The lowest BCUT2D eigenvalue weighted by atomic mass is 9.90. The van der Waals surface area contributed by atoms with Crippen LogP contribution in [0.3, 0.4) is 0 Å². The summed E-state index contributed by atoms with van der Waals surface area (Å²) in [6.07, 6.45) is 6.97. The highest BCUT2D eigenvalue weighted by Crippen LogP contribution is 2.50. The van der Waals surface area contributed by atoms with Gasteiger partial charge in [-0.05, 0) is 49.0 Å². The van der Waals surface area contributed by atoms with Gasteiger partial charge in [-0.1, -0.05) is 31.2 Å². The topological polar surface area (TPSA) is 71.7 Å². The average molecular weight is 537 g/mol. The maximum Gasteiger partial charge on any atom is 0.324 e. The van der Waals surface area contributed by atoms with Crippen LogP contribution in [0.2, 0.25) is 0 Å². The molecule has 0 bridgehead atoms. The first-order chi connectivity index (χ1) is 18.2. The zero-order chi connectivity index (χ0) is 26.9. The molecule has 2 aliphatic heterocycles. The van der Waals surface area contributed by atoms with Gasteiger partial charge in [-0.15, -0.1) is 0 Å². The number of nitrogens with zero attached hydrogens (tertiary/aromatic N) is 4. The predicted octanol–water partition coefficient (Wildman–Crippen LogP) is 5.65. The second-order valence-electron chi connectivity index (χ2n) is 11.7. The molecule has 38 heavy (non-hydrogen) atoms. The Morgan fingerprint density at radius 3 is 2.61 bits per heavy atom. The number of allylic oxidation sites excluding steroid dienone is 1. The molecule has 1 amide bonds. The molecule has 1 aromatic heterocycles. The normalized spacial score (nSPS) is 27.9. The van der Waals surface area contributed by atoms with Gasteiger partial charge in [-0.2, -0.15) is 4.98 Å². The van der Waals surface area contributed by atoms with E-state index >= 15 is 0 Å². The molecule has 3 heterocycles. The minimum atomic E-state index is -2.71. The van der Waals surface area contributed by atoms with E-state index < -0.39 is 5.92 Å². The highest BCUT2D eigenvalue weighted by molar-refractivity contribution is 5.79. The number of piperidine rings is 2. The minimum absolute atomic E-state index is 0.0231. The highest BCUT2D eigenvalue weighted by Gasteiger charge is 2.43. The number of hydrogen-bond donors (Lipinski definition) is 0. The predicted molar refractivity (Wildman–Crippen MR) is 137 cm³/mol. The van der Waals surface area contributed by atoms with Crippen molar-refractivity contribution in [3.63, 3.8) is 0 Å². The van der Waals surface area contributed by atoms with Crippen molar-refractivity contribution in [3.05, 3.63) is 29.4 Å². The van der Waals surface area contributed by atoms with Crippen molar-refractivity contribution in [2.45, 2.75) is 83.2 Å². The van der Waals surface area contributed by atoms with Gasteiger partial charge in [0.25, 0.3) is 5.92 Å². The molecule has 1 aromatic rings. The van der Waals surface area contributed by atoms with E-state index in [1.807, 2.05) is 6.08 Å². The number of likely N-dealkylation sites (tertiary alicyclic amines) is 1. The fourth-order valence-corrected chi connectivity index (χ4v) is 5.98. The summed E-state index contributed by atoms with van der Waals surface area (Å²) in [4.78, 5) is 20.6. The Bertz CT molecular complexity index is 1040. The Kier molecular flexibility index (Phi) is 8.16. The van der Waals surface area contributed by atoms with Gasteiger partial charge in [0.1, 0.15) is 5.83 Å². The third-order valence-corrected chi connectivity index (χ3v) is 8.59. The number of halogens is 3. The van der Waals surface area contributed by atoms with Crippen molar-refractivity contribution in [2.75, 3.05) is 37.7 Å². The maximum absolute atomic E-state index is 14.7. The van der Waals surface area contributed by atoms with Gasteiger partial charge < -0.3 is 19.1 Å². The molecule has 2 aliphatic carbocycles. The van der Waals surface area contributed by atoms with Crippen molar-refractivity contribution >= 4 is 11.9 Å². The quantitative estimate of drug-likeness (QED) is 0.406. The van der Waals surface area contributed by atoms with E-state index in [1.165, 1.54) is 11.3 Å². The Hall–Kier alpha value is -2.36. The molecule has 4 aliphatic rings. The van der Waals surface area contributed by atoms with Gasteiger partial charge in [0.15, 0.2) is 5.82 Å². The van der Waals surface area contributed by atoms with E-state index in [1.54, 1.807) is 6.08 Å². The molecule has 0 spiro atoms. The number of aromatic nitrogens is 2. The third kappa shape index (κ3) is 6.61. The molecule has 2 saturated heterocycles. The van der Waals surface area contributed by atoms with E-state index in [-0.39, 0.29) is 62.5 Å². The molecule has 3 atom stereocenters. The molecule has 210 valence electrons. The summed E-state index contributed by atoms with van der Waals surface area (Å²) in [5.74, 6) is -0.214. The Labute approximate surface area is 222 Å². The molecule has 0 N–H and O–H groups in total. The van der Waals surface area contributed by atoms with E-state index in [2.05, 4.69) is 28.9 Å². The van der Waals surface area contributed by atoms with Crippen LogP contribution in [0, 0.1) is 17.8 Å². The van der Waals surface area contributed by atoms with Crippen molar-refractivity contribution in [1.82, 2.24) is 15.0 Å². The molecule has 1 saturated carbocycles. The van der Waals surface area contributed by atoms with E-state index in [4.69, 9.17) is 9.26 Å². The minimum Gasteiger partial charge on any atom is -0.374 e. The third-order valence-electron chi connectivity index (χ3n) is 8.59. The largest absolute Gasteiger partial charge is 0.374 e. The molecule has 5 rings (SSSR count). The Morgan fingerprint density at radius 2 is 1.95 bits per heavy atom. The Balaban J connectivity index is 0.979. The van der Waals surface area contributed by atoms with Crippen molar-refractivity contribution in [3.8, 4) is 0 Å². The van der Waals surface area contributed by atoms with Crippen molar-refractivity contribution in [1.29, 1.82) is 0 Å². The lowest BCUT2D eigenvalue weighted by Crippen LogP contribution is -2.42. The van der Waals surface area contributed by atoms with Crippen LogP contribution < -0.4 is 4.90 Å². The van der Waals surface area contributed by atoms with Gasteiger partial charge in [0.2, 0.25) is 5.91 Å². The number of anilines is 1. The van der Waals surface area contributed by atoms with Gasteiger partial charge >= 0.3 is 6.01 Å². The number of ether oxygens (including phenoxy) is 1. The van der Waals surface area contributed by atoms with Crippen LogP contribution in [0.5, 0.6) is 0 Å². The highest BCUT2D eigenvalue weighted by atomic mass is 19.3. The number of carbonyl (C=O) groups is 1. The molecule has 0 radical (unpaired) electrons. The molecule has 10 heteroatoms. The molecular formula is C28H39F3N4O3. The Morgan fingerprint density at radius 1 is 1.21 bits per heavy atom. The SMILES string of the molecule is CC(C)c1noc(N2CCC([C@H]3C[C@H]3CCOC3C=CC(CC(=O)N4CCC(F)(F)CC4)=C(F)C3)CC2)n1. The molecule has 3 fully saturated rings. The first-order valence-electron chi connectivity index (χ1n) is 14.1. The van der Waals surface area contributed by atoms with Gasteiger partial charge in [0.05, 0.1) is 12.5 Å². The monoisotopic (exact) mass is 536 g/mol. The van der Waals surface area contributed by atoms with Crippen molar-refractivity contribution < 1.29 is 27.2 Å². The van der Waals surface area contributed by atoms with Gasteiger partial charge in [-0.25, -0.2) is 13.2 Å². The van der Waals surface area contributed by atoms with Crippen LogP contribution in [0.25, 0.3) is 0 Å². The lowest BCUT2D eigenvalue weighted by Gasteiger charge is -2.32. The summed E-state index contributed by atoms with van der Waals surface area (Å²) in [5, 5.41) is 4.07. The average Bonchev–Trinajstić information content (AvgIpc) is 3.47. The summed E-state index contributed by atoms with van der Waals surface area (Å²) in [7, 11) is 0. The fourth-order valence-electron chi connectivity index (χ4n) is 5.98. The van der Waals surface area contributed by atoms with Crippen molar-refractivity contribution in [2.24, 2.45) is 17.8 Å². The molecular weight excluding hydrogens is 497 g/mol. The standard InChI is InChI=1S/C28H39F3N4O3/c1-18(2)26-32-27(38-33-26)35-10-5-19(6-11-35)23-15-20(23)7-14-37-22-4-3-21(24(29)17-22)16-25(36)34-12-8-28(30,31)9-13-34/h3-4,18-20,22-23H,5-17H2,1-2H3/t20-,22?,23-/m1/s1. The van der Waals surface area contributed by atoms with Crippen LogP contribution >= 0.6 is 0 Å². The van der Waals surface area contributed by atoms with E-state index in [9.17, 15) is 18.0 Å². The molecule has 0 aromatic carbocycles. The van der Waals surface area contributed by atoms with E-state index in [0.717, 1.165) is 44.1 Å². The summed E-state index contributed by atoms with van der Waals surface area (Å²) in [6.45, 7) is 6.64. The maximum atomic E-state index is 14.7. The lowest BCUT2D eigenvalue weighted by molar-refractivity contribution is -0.136. The van der Waals surface area contributed by atoms with Crippen LogP contribution in [0.4, 0.5) is 19.2 Å². The number of carbonyl (C=O) groups excluding carboxylic acids is 1. The molecule has 1 unspecified atom stereocenters. The zero-order valence-electron chi connectivity index (χ0n) is 22.4. The smallest absolute Gasteiger partial charge is 0.324 e. The second-order valence-corrected chi connectivity index (χ2v) is 11.7. The molecule has 7 nitrogen and oxygen atoms in total. The summed E-state index contributed by atoms with van der Waals surface area (Å²) >= 11 is 0. The van der Waals surface area contributed by atoms with E-state index in [0.29, 0.717) is 30.0 Å². The number of hydrogen-bond acceptors (Lipinski definition) is 6. The number of amides is 1. The van der Waals surface area contributed by atoms with Gasteiger partial charge in [0, 0.05) is 58.0 Å². The number of alkyl halides is 2. The first-order valence-corrected chi connectivity index (χ1v) is 14.1. The summed E-state index contributed by atoms with van der Waals surface area (Å²) in [6, 6.07) is 0.637. The second kappa shape index (κ2) is 11.4. The van der Waals surface area contributed by atoms with Crippen LogP contribution in [0.1, 0.15) is 77.0 Å². The van der Waals surface area contributed by atoms with Crippen LogP contribution in [-0.2, 0) is 9.53 Å². The zero-order valence-corrected chi connectivity index (χ0v) is 22.4. The fraction of sp³-hybridized carbons (Fsp3) is 0.750. The summed E-state index contributed by atoms with van der Waals surface area (Å²) in [5.41, 5.74) is 0.335. The summed E-state index contributed by atoms with van der Waals surface area (Å²) < 4.78 is 52.7. The van der Waals surface area contributed by atoms with Gasteiger partial charge in [-0.3, -0.25) is 4.79 Å². The van der Waals surface area contributed by atoms with Crippen LogP contribution in [-0.4, -0.2) is 65.8 Å². The first kappa shape index (κ1) is 27.2. The number of rotatable bonds is 9. The van der Waals surface area contributed by atoms with Crippen LogP contribution in [0.15, 0.2) is 28.1 Å².